The monoisotopic (exact) mass is 363 g/mol. The molecule has 1 aromatic heterocycles. The number of aromatic nitrogens is 3. The van der Waals surface area contributed by atoms with Crippen molar-refractivity contribution in [3.8, 4) is 17.1 Å². The molecule has 4 rings (SSSR count). The summed E-state index contributed by atoms with van der Waals surface area (Å²) < 4.78 is 7.49. The number of fused-ring (bicyclic) bond motifs is 1. The minimum atomic E-state index is 0.236. The molecule has 1 N–H and O–H groups in total. The highest BCUT2D eigenvalue weighted by Crippen LogP contribution is 2.34. The van der Waals surface area contributed by atoms with E-state index in [2.05, 4.69) is 4.98 Å². The van der Waals surface area contributed by atoms with Crippen LogP contribution in [0.3, 0.4) is 0 Å². The van der Waals surface area contributed by atoms with Gasteiger partial charge in [-0.3, -0.25) is 4.57 Å². The Bertz CT molecular complexity index is 1090. The number of aliphatic hydroxyl groups is 1. The molecule has 26 heavy (non-hydrogen) atoms. The molecule has 0 atom stereocenters. The molecule has 1 aliphatic heterocycles. The molecule has 3 aromatic rings. The third-order valence-electron chi connectivity index (χ3n) is 4.44. The summed E-state index contributed by atoms with van der Waals surface area (Å²) >= 11 is 5.44. The lowest BCUT2D eigenvalue weighted by Gasteiger charge is -2.11. The van der Waals surface area contributed by atoms with Crippen molar-refractivity contribution in [1.82, 2.24) is 14.5 Å². The lowest BCUT2D eigenvalue weighted by atomic mass is 10.0. The van der Waals surface area contributed by atoms with Gasteiger partial charge in [0.15, 0.2) is 5.82 Å². The molecule has 6 heteroatoms. The van der Waals surface area contributed by atoms with E-state index in [4.69, 9.17) is 21.9 Å². The summed E-state index contributed by atoms with van der Waals surface area (Å²) in [4.78, 5) is 9.13. The maximum absolute atomic E-state index is 10.6. The van der Waals surface area contributed by atoms with Gasteiger partial charge in [0.2, 0.25) is 4.77 Å². The van der Waals surface area contributed by atoms with E-state index in [9.17, 15) is 5.11 Å². The first-order valence-corrected chi connectivity index (χ1v) is 8.61. The van der Waals surface area contributed by atoms with Gasteiger partial charge >= 0.3 is 0 Å². The fraction of sp³-hybridized carbons (Fsp3) is 0.150. The van der Waals surface area contributed by atoms with Crippen LogP contribution in [-0.4, -0.2) is 26.8 Å². The van der Waals surface area contributed by atoms with Gasteiger partial charge in [0.25, 0.3) is 0 Å². The number of aliphatic hydroxyl groups excluding tert-OH is 1. The molecule has 0 saturated heterocycles. The number of rotatable bonds is 3. The van der Waals surface area contributed by atoms with Crippen molar-refractivity contribution in [2.24, 2.45) is 0 Å². The van der Waals surface area contributed by atoms with Gasteiger partial charge in [-0.25, -0.2) is 4.98 Å². The van der Waals surface area contributed by atoms with Gasteiger partial charge in [0, 0.05) is 5.56 Å². The number of ether oxygens (including phenoxy) is 1. The predicted octanol–water partition coefficient (Wildman–Crippen LogP) is 4.32. The number of methoxy groups -OCH3 is 1. The molecule has 0 saturated carbocycles. The summed E-state index contributed by atoms with van der Waals surface area (Å²) in [5, 5.41) is 10.6. The standard InChI is InChI=1S/C20H17N3O2S/c1-12-10-14(8-9-16(12)25-2)17-15(24)11-23-19(17)21-18(22-20(23)26)13-6-4-3-5-7-13/h3-10,24H,11H2,1-2H3. The Morgan fingerprint density at radius 2 is 1.85 bits per heavy atom. The lowest BCUT2D eigenvalue weighted by molar-refractivity contribution is 0.386. The topological polar surface area (TPSA) is 60.2 Å². The van der Waals surface area contributed by atoms with E-state index in [1.54, 1.807) is 11.7 Å². The van der Waals surface area contributed by atoms with Crippen LogP contribution < -0.4 is 4.74 Å². The fourth-order valence-electron chi connectivity index (χ4n) is 3.16. The zero-order valence-corrected chi connectivity index (χ0v) is 15.2. The van der Waals surface area contributed by atoms with E-state index in [0.717, 1.165) is 22.4 Å². The minimum Gasteiger partial charge on any atom is -0.510 e. The van der Waals surface area contributed by atoms with Crippen LogP contribution in [0.15, 0.2) is 54.3 Å². The van der Waals surface area contributed by atoms with E-state index in [1.165, 1.54) is 0 Å². The SMILES string of the molecule is COc1ccc(C2=C(O)Cn3c2nc(-c2ccccc2)nc3=S)cc1C. The Hall–Kier alpha value is -2.99. The van der Waals surface area contributed by atoms with Crippen molar-refractivity contribution in [3.05, 3.63) is 76.0 Å². The molecule has 0 fully saturated rings. The summed E-state index contributed by atoms with van der Waals surface area (Å²) in [6, 6.07) is 15.5. The summed E-state index contributed by atoms with van der Waals surface area (Å²) in [6.45, 7) is 2.25. The van der Waals surface area contributed by atoms with Gasteiger partial charge in [-0.05, 0) is 42.4 Å². The second-order valence-corrected chi connectivity index (χ2v) is 6.48. The summed E-state index contributed by atoms with van der Waals surface area (Å²) in [6.07, 6.45) is 0. The van der Waals surface area contributed by atoms with Crippen LogP contribution in [0.2, 0.25) is 0 Å². The highest BCUT2D eigenvalue weighted by atomic mass is 32.1. The second kappa shape index (κ2) is 6.38. The Morgan fingerprint density at radius 1 is 1.08 bits per heavy atom. The number of hydrogen-bond donors (Lipinski definition) is 1. The van der Waals surface area contributed by atoms with Crippen molar-refractivity contribution in [3.63, 3.8) is 0 Å². The molecule has 0 aliphatic carbocycles. The lowest BCUT2D eigenvalue weighted by Crippen LogP contribution is -2.07. The molecular formula is C20H17N3O2S. The van der Waals surface area contributed by atoms with Crippen molar-refractivity contribution >= 4 is 17.8 Å². The van der Waals surface area contributed by atoms with E-state index >= 15 is 0 Å². The number of aryl methyl sites for hydroxylation is 1. The highest BCUT2D eigenvalue weighted by Gasteiger charge is 2.26. The smallest absolute Gasteiger partial charge is 0.203 e. The van der Waals surface area contributed by atoms with Gasteiger partial charge in [-0.2, -0.15) is 4.98 Å². The van der Waals surface area contributed by atoms with Crippen molar-refractivity contribution in [2.75, 3.05) is 7.11 Å². The predicted molar refractivity (Wildman–Crippen MR) is 103 cm³/mol. The average Bonchev–Trinajstić information content (AvgIpc) is 2.99. The van der Waals surface area contributed by atoms with E-state index < -0.39 is 0 Å². The van der Waals surface area contributed by atoms with Gasteiger partial charge < -0.3 is 9.84 Å². The molecular weight excluding hydrogens is 346 g/mol. The molecule has 2 aromatic carbocycles. The summed E-state index contributed by atoms with van der Waals surface area (Å²) in [5.41, 5.74) is 3.43. The first-order chi connectivity index (χ1) is 12.6. The minimum absolute atomic E-state index is 0.236. The van der Waals surface area contributed by atoms with Gasteiger partial charge in [-0.1, -0.05) is 36.4 Å². The molecule has 0 spiro atoms. The Kier molecular flexibility index (Phi) is 4.05. The molecule has 0 bridgehead atoms. The first-order valence-electron chi connectivity index (χ1n) is 8.20. The van der Waals surface area contributed by atoms with Gasteiger partial charge in [0.05, 0.1) is 19.2 Å². The average molecular weight is 363 g/mol. The summed E-state index contributed by atoms with van der Waals surface area (Å²) in [7, 11) is 1.64. The number of benzene rings is 2. The Labute approximate surface area is 156 Å². The molecule has 0 amide bonds. The van der Waals surface area contributed by atoms with Crippen LogP contribution in [0, 0.1) is 11.7 Å². The second-order valence-electron chi connectivity index (χ2n) is 6.11. The third-order valence-corrected chi connectivity index (χ3v) is 4.75. The number of hydrogen-bond acceptors (Lipinski definition) is 5. The number of nitrogens with zero attached hydrogens (tertiary/aromatic N) is 3. The highest BCUT2D eigenvalue weighted by molar-refractivity contribution is 7.71. The third kappa shape index (κ3) is 2.68. The van der Waals surface area contributed by atoms with Gasteiger partial charge in [0.1, 0.15) is 17.3 Å². The van der Waals surface area contributed by atoms with E-state index in [-0.39, 0.29) is 12.3 Å². The fourth-order valence-corrected chi connectivity index (χ4v) is 3.40. The molecule has 130 valence electrons. The largest absolute Gasteiger partial charge is 0.510 e. The van der Waals surface area contributed by atoms with Gasteiger partial charge in [-0.15, -0.1) is 0 Å². The quantitative estimate of drug-likeness (QED) is 0.702. The zero-order chi connectivity index (χ0) is 18.3. The Morgan fingerprint density at radius 3 is 2.54 bits per heavy atom. The maximum Gasteiger partial charge on any atom is 0.203 e. The van der Waals surface area contributed by atoms with Crippen molar-refractivity contribution in [2.45, 2.75) is 13.5 Å². The normalized spacial score (nSPS) is 13.0. The van der Waals surface area contributed by atoms with Crippen LogP contribution >= 0.6 is 12.2 Å². The first kappa shape index (κ1) is 16.5. The van der Waals surface area contributed by atoms with Crippen LogP contribution in [0.5, 0.6) is 5.75 Å². The molecule has 2 heterocycles. The van der Waals surface area contributed by atoms with Crippen LogP contribution in [0.4, 0.5) is 0 Å². The maximum atomic E-state index is 10.6. The zero-order valence-electron chi connectivity index (χ0n) is 14.4. The molecule has 5 nitrogen and oxygen atoms in total. The van der Waals surface area contributed by atoms with Crippen molar-refractivity contribution < 1.29 is 9.84 Å². The van der Waals surface area contributed by atoms with Crippen LogP contribution in [0.1, 0.15) is 17.0 Å². The van der Waals surface area contributed by atoms with E-state index in [0.29, 0.717) is 22.0 Å². The molecule has 0 radical (unpaired) electrons. The van der Waals surface area contributed by atoms with E-state index in [1.807, 2.05) is 55.5 Å². The molecule has 0 unspecified atom stereocenters. The number of allylic oxidation sites excluding steroid dienone is 1. The van der Waals surface area contributed by atoms with Crippen LogP contribution in [-0.2, 0) is 6.54 Å². The van der Waals surface area contributed by atoms with Crippen LogP contribution in [0.25, 0.3) is 17.0 Å². The van der Waals surface area contributed by atoms with Crippen molar-refractivity contribution in [1.29, 1.82) is 0 Å². The Balaban J connectivity index is 1.88. The summed E-state index contributed by atoms with van der Waals surface area (Å²) in [5.74, 6) is 2.22. The molecule has 1 aliphatic rings.